The Morgan fingerprint density at radius 2 is 2.11 bits per heavy atom. The van der Waals surface area contributed by atoms with Gasteiger partial charge in [0.15, 0.2) is 11.5 Å². The summed E-state index contributed by atoms with van der Waals surface area (Å²) < 4.78 is 36.9. The van der Waals surface area contributed by atoms with Crippen molar-refractivity contribution in [1.82, 2.24) is 10.6 Å². The monoisotopic (exact) mass is 506 g/mol. The van der Waals surface area contributed by atoms with Crippen LogP contribution in [0.25, 0.3) is 0 Å². The number of nitrogens with one attached hydrogen (secondary N) is 2. The standard InChI is InChI=1S/C29H31FN2O5/c1-4-5-6-21(19(2)34-3)16-32-29(33)25-13-20(7-9-26(25)30)24-11-12-31-15-22(24)17-35-23-8-10-27-28(14-23)37-18-36-27/h1,5-10,13-14,22,24,31H,11-12,15-18H2,2-3H3,(H,32,33)/b6-5-,21-19-/t22-,24-/m0/s1. The second-order valence-electron chi connectivity index (χ2n) is 8.89. The summed E-state index contributed by atoms with van der Waals surface area (Å²) >= 11 is 0. The summed E-state index contributed by atoms with van der Waals surface area (Å²) in [5, 5.41) is 6.19. The van der Waals surface area contributed by atoms with Crippen LogP contribution in [0.1, 0.15) is 35.2 Å². The average molecular weight is 507 g/mol. The normalized spacial score (nSPS) is 19.2. The lowest BCUT2D eigenvalue weighted by Crippen LogP contribution is -2.38. The Hall–Kier alpha value is -3.96. The summed E-state index contributed by atoms with van der Waals surface area (Å²) in [4.78, 5) is 12.9. The van der Waals surface area contributed by atoms with Gasteiger partial charge in [-0.2, -0.15) is 0 Å². The first-order valence-electron chi connectivity index (χ1n) is 12.2. The summed E-state index contributed by atoms with van der Waals surface area (Å²) in [5.41, 5.74) is 1.61. The highest BCUT2D eigenvalue weighted by Gasteiger charge is 2.28. The molecule has 0 saturated carbocycles. The van der Waals surface area contributed by atoms with E-state index < -0.39 is 11.7 Å². The summed E-state index contributed by atoms with van der Waals surface area (Å²) in [5.74, 6) is 4.25. The van der Waals surface area contributed by atoms with E-state index in [1.807, 2.05) is 18.2 Å². The molecule has 8 heteroatoms. The van der Waals surface area contributed by atoms with Gasteiger partial charge in [0, 0.05) is 30.6 Å². The number of benzene rings is 2. The number of methoxy groups -OCH3 is 1. The van der Waals surface area contributed by atoms with E-state index in [0.29, 0.717) is 35.2 Å². The molecule has 7 nitrogen and oxygen atoms in total. The SMILES string of the molecule is C#C/C=C\C(CNC(=O)c1cc([C@@H]2CCNC[C@H]2COc2ccc3c(c2)OCO3)ccc1F)=C(/C)OC. The van der Waals surface area contributed by atoms with Crippen LogP contribution in [-0.2, 0) is 4.74 Å². The minimum absolute atomic E-state index is 0.00169. The van der Waals surface area contributed by atoms with Crippen molar-refractivity contribution < 1.29 is 28.1 Å². The van der Waals surface area contributed by atoms with E-state index >= 15 is 0 Å². The van der Waals surface area contributed by atoms with Crippen LogP contribution < -0.4 is 24.8 Å². The van der Waals surface area contributed by atoms with E-state index in [1.165, 1.54) is 19.3 Å². The zero-order chi connectivity index (χ0) is 26.2. The van der Waals surface area contributed by atoms with Gasteiger partial charge in [-0.05, 0) is 67.8 Å². The number of carbonyl (C=O) groups is 1. The van der Waals surface area contributed by atoms with Crippen molar-refractivity contribution in [3.8, 4) is 29.6 Å². The fraction of sp³-hybridized carbons (Fsp3) is 0.345. The van der Waals surface area contributed by atoms with E-state index in [2.05, 4.69) is 16.6 Å². The van der Waals surface area contributed by atoms with Crippen LogP contribution >= 0.6 is 0 Å². The first-order chi connectivity index (χ1) is 18.0. The molecule has 1 amide bonds. The lowest BCUT2D eigenvalue weighted by atomic mass is 9.81. The van der Waals surface area contributed by atoms with E-state index in [4.69, 9.17) is 25.4 Å². The molecule has 2 heterocycles. The number of halogens is 1. The van der Waals surface area contributed by atoms with Crippen molar-refractivity contribution in [2.45, 2.75) is 19.3 Å². The van der Waals surface area contributed by atoms with Gasteiger partial charge in [-0.1, -0.05) is 12.0 Å². The maximum atomic E-state index is 14.7. The molecule has 0 bridgehead atoms. The lowest BCUT2D eigenvalue weighted by Gasteiger charge is -2.32. The Labute approximate surface area is 216 Å². The van der Waals surface area contributed by atoms with Crippen LogP contribution in [-0.4, -0.2) is 46.1 Å². The molecule has 4 rings (SSSR count). The summed E-state index contributed by atoms with van der Waals surface area (Å²) in [6.45, 7) is 4.17. The molecule has 2 aliphatic heterocycles. The van der Waals surface area contributed by atoms with Crippen molar-refractivity contribution in [2.75, 3.05) is 40.1 Å². The van der Waals surface area contributed by atoms with Crippen molar-refractivity contribution >= 4 is 5.91 Å². The minimum Gasteiger partial charge on any atom is -0.501 e. The number of terminal acetylenes is 1. The van der Waals surface area contributed by atoms with Crippen LogP contribution in [0.15, 0.2) is 59.9 Å². The van der Waals surface area contributed by atoms with Gasteiger partial charge in [0.25, 0.3) is 5.91 Å². The molecule has 2 aromatic carbocycles. The van der Waals surface area contributed by atoms with Crippen LogP contribution in [0.3, 0.4) is 0 Å². The number of rotatable bonds is 9. The average Bonchev–Trinajstić information content (AvgIpc) is 3.40. The van der Waals surface area contributed by atoms with E-state index in [9.17, 15) is 9.18 Å². The molecule has 0 radical (unpaired) electrons. The number of amides is 1. The van der Waals surface area contributed by atoms with E-state index in [0.717, 1.165) is 25.1 Å². The predicted octanol–water partition coefficient (Wildman–Crippen LogP) is 4.17. The third-order valence-corrected chi connectivity index (χ3v) is 6.66. The molecule has 2 aromatic rings. The molecular weight excluding hydrogens is 475 g/mol. The number of piperidine rings is 1. The van der Waals surface area contributed by atoms with Crippen molar-refractivity contribution in [2.24, 2.45) is 5.92 Å². The van der Waals surface area contributed by atoms with Crippen LogP contribution in [0.5, 0.6) is 17.2 Å². The van der Waals surface area contributed by atoms with Crippen LogP contribution in [0.2, 0.25) is 0 Å². The molecule has 0 spiro atoms. The van der Waals surface area contributed by atoms with Crippen LogP contribution in [0, 0.1) is 24.1 Å². The van der Waals surface area contributed by atoms with E-state index in [-0.39, 0.29) is 30.7 Å². The molecule has 1 fully saturated rings. The van der Waals surface area contributed by atoms with Gasteiger partial charge in [0.1, 0.15) is 11.6 Å². The molecule has 194 valence electrons. The first kappa shape index (κ1) is 26.1. The third-order valence-electron chi connectivity index (χ3n) is 6.66. The number of fused-ring (bicyclic) bond motifs is 1. The molecule has 0 aromatic heterocycles. The Morgan fingerprint density at radius 1 is 1.27 bits per heavy atom. The zero-order valence-corrected chi connectivity index (χ0v) is 21.0. The second-order valence-corrected chi connectivity index (χ2v) is 8.89. The maximum absolute atomic E-state index is 14.7. The number of hydrogen-bond donors (Lipinski definition) is 2. The zero-order valence-electron chi connectivity index (χ0n) is 21.0. The molecule has 2 aliphatic rings. The van der Waals surface area contributed by atoms with Gasteiger partial charge in [-0.25, -0.2) is 4.39 Å². The van der Waals surface area contributed by atoms with Gasteiger partial charge >= 0.3 is 0 Å². The number of allylic oxidation sites excluding steroid dienone is 2. The largest absolute Gasteiger partial charge is 0.501 e. The Kier molecular flexibility index (Phi) is 8.70. The lowest BCUT2D eigenvalue weighted by molar-refractivity contribution is 0.0952. The Morgan fingerprint density at radius 3 is 2.92 bits per heavy atom. The number of hydrogen-bond acceptors (Lipinski definition) is 6. The number of carbonyl (C=O) groups excluding carboxylic acids is 1. The quantitative estimate of drug-likeness (QED) is 0.302. The highest BCUT2D eigenvalue weighted by atomic mass is 19.1. The summed E-state index contributed by atoms with van der Waals surface area (Å²) in [7, 11) is 1.54. The summed E-state index contributed by atoms with van der Waals surface area (Å²) in [6.07, 6.45) is 9.35. The molecule has 0 unspecified atom stereocenters. The highest BCUT2D eigenvalue weighted by Crippen LogP contribution is 2.36. The fourth-order valence-electron chi connectivity index (χ4n) is 4.51. The predicted molar refractivity (Wildman–Crippen MR) is 138 cm³/mol. The Bertz CT molecular complexity index is 1230. The maximum Gasteiger partial charge on any atom is 0.254 e. The number of ether oxygens (including phenoxy) is 4. The second kappa shape index (κ2) is 12.3. The van der Waals surface area contributed by atoms with Gasteiger partial charge in [0.2, 0.25) is 6.79 Å². The molecule has 2 N–H and O–H groups in total. The molecular formula is C29H31FN2O5. The first-order valence-corrected chi connectivity index (χ1v) is 12.2. The van der Waals surface area contributed by atoms with Gasteiger partial charge in [-0.15, -0.1) is 6.42 Å². The van der Waals surface area contributed by atoms with Crippen molar-refractivity contribution in [3.63, 3.8) is 0 Å². The molecule has 37 heavy (non-hydrogen) atoms. The topological polar surface area (TPSA) is 78.1 Å². The van der Waals surface area contributed by atoms with Crippen molar-refractivity contribution in [1.29, 1.82) is 0 Å². The molecule has 0 aliphatic carbocycles. The van der Waals surface area contributed by atoms with Gasteiger partial charge < -0.3 is 29.6 Å². The third kappa shape index (κ3) is 6.43. The van der Waals surface area contributed by atoms with Crippen LogP contribution in [0.4, 0.5) is 4.39 Å². The Balaban J connectivity index is 1.46. The minimum atomic E-state index is -0.573. The van der Waals surface area contributed by atoms with Crippen molar-refractivity contribution in [3.05, 3.63) is 76.8 Å². The van der Waals surface area contributed by atoms with Gasteiger partial charge in [0.05, 0.1) is 25.0 Å². The highest BCUT2D eigenvalue weighted by molar-refractivity contribution is 5.94. The van der Waals surface area contributed by atoms with E-state index in [1.54, 1.807) is 25.1 Å². The molecule has 2 atom stereocenters. The smallest absolute Gasteiger partial charge is 0.254 e. The van der Waals surface area contributed by atoms with Gasteiger partial charge in [-0.3, -0.25) is 4.79 Å². The summed E-state index contributed by atoms with van der Waals surface area (Å²) in [6, 6.07) is 10.3. The molecule has 1 saturated heterocycles. The fourth-order valence-corrected chi connectivity index (χ4v) is 4.51.